The molecule has 12 heavy (non-hydrogen) atoms. The van der Waals surface area contributed by atoms with Gasteiger partial charge in [0, 0.05) is 0 Å². The maximum absolute atomic E-state index is 4.26. The molecule has 0 aliphatic heterocycles. The van der Waals surface area contributed by atoms with E-state index < -0.39 is 0 Å². The van der Waals surface area contributed by atoms with Crippen molar-refractivity contribution in [3.8, 4) is 0 Å². The summed E-state index contributed by atoms with van der Waals surface area (Å²) in [4.78, 5) is 7.37. The summed E-state index contributed by atoms with van der Waals surface area (Å²) in [6, 6.07) is 0. The average Bonchev–Trinajstić information content (AvgIpc) is 2.43. The van der Waals surface area contributed by atoms with Crippen molar-refractivity contribution in [2.24, 2.45) is 5.92 Å². The number of aromatic amines is 1. The molecule has 1 atom stereocenters. The lowest BCUT2D eigenvalue weighted by Gasteiger charge is -1.97. The fraction of sp³-hybridized carbons (Fsp3) is 0.300. The van der Waals surface area contributed by atoms with Gasteiger partial charge in [-0.25, -0.2) is 4.98 Å². The first-order valence-corrected chi connectivity index (χ1v) is 4.18. The van der Waals surface area contributed by atoms with Gasteiger partial charge in [-0.1, -0.05) is 19.1 Å². The minimum absolute atomic E-state index is 0.507. The lowest BCUT2D eigenvalue weighted by molar-refractivity contribution is 0.948. The van der Waals surface area contributed by atoms with E-state index in [1.807, 2.05) is 0 Å². The van der Waals surface area contributed by atoms with Crippen LogP contribution in [0.2, 0.25) is 0 Å². The Morgan fingerprint density at radius 3 is 3.17 bits per heavy atom. The Kier molecular flexibility index (Phi) is 1.61. The van der Waals surface area contributed by atoms with Crippen molar-refractivity contribution in [3.05, 3.63) is 29.9 Å². The second-order valence-electron chi connectivity index (χ2n) is 3.23. The van der Waals surface area contributed by atoms with Crippen LogP contribution < -0.4 is 0 Å². The Bertz CT molecular complexity index is 344. The Balaban J connectivity index is 2.55. The molecule has 1 heterocycles. The molecule has 0 saturated carbocycles. The molecule has 1 aliphatic rings. The smallest absolute Gasteiger partial charge is 0.0931 e. The number of imidazole rings is 1. The van der Waals surface area contributed by atoms with Crippen LogP contribution in [0.1, 0.15) is 25.2 Å². The van der Waals surface area contributed by atoms with E-state index in [1.165, 1.54) is 5.57 Å². The van der Waals surface area contributed by atoms with Crippen LogP contribution in [0.4, 0.5) is 0 Å². The standard InChI is InChI=1S/C10H12N2/c1-7-3-4-9-10(8(2)5-7)12-6-11-9/h3-7H,1-2H3,(H,11,12). The number of fused-ring (bicyclic) bond motifs is 1. The lowest BCUT2D eigenvalue weighted by Crippen LogP contribution is -1.83. The van der Waals surface area contributed by atoms with Crippen molar-refractivity contribution in [2.45, 2.75) is 13.8 Å². The van der Waals surface area contributed by atoms with Crippen LogP contribution in [-0.4, -0.2) is 9.97 Å². The highest BCUT2D eigenvalue weighted by molar-refractivity contribution is 5.71. The van der Waals surface area contributed by atoms with Gasteiger partial charge in [-0.05, 0) is 24.5 Å². The van der Waals surface area contributed by atoms with E-state index in [-0.39, 0.29) is 0 Å². The highest BCUT2D eigenvalue weighted by Gasteiger charge is 2.08. The predicted molar refractivity (Wildman–Crippen MR) is 50.4 cm³/mol. The summed E-state index contributed by atoms with van der Waals surface area (Å²) in [6.07, 6.45) is 8.24. The summed E-state index contributed by atoms with van der Waals surface area (Å²) in [5.74, 6) is 0.507. The first-order valence-electron chi connectivity index (χ1n) is 4.18. The summed E-state index contributed by atoms with van der Waals surface area (Å²) >= 11 is 0. The van der Waals surface area contributed by atoms with Gasteiger partial charge < -0.3 is 4.98 Å². The van der Waals surface area contributed by atoms with Gasteiger partial charge in [0.05, 0.1) is 17.7 Å². The average molecular weight is 160 g/mol. The zero-order chi connectivity index (χ0) is 8.55. The van der Waals surface area contributed by atoms with Gasteiger partial charge in [-0.2, -0.15) is 0 Å². The largest absolute Gasteiger partial charge is 0.345 e. The van der Waals surface area contributed by atoms with Crippen LogP contribution >= 0.6 is 0 Å². The molecule has 0 radical (unpaired) electrons. The Labute approximate surface area is 72.0 Å². The van der Waals surface area contributed by atoms with Crippen LogP contribution in [0.3, 0.4) is 0 Å². The lowest BCUT2D eigenvalue weighted by atomic mass is 10.1. The second-order valence-corrected chi connectivity index (χ2v) is 3.23. The molecular weight excluding hydrogens is 148 g/mol. The molecule has 0 amide bonds. The number of rotatable bonds is 0. The van der Waals surface area contributed by atoms with Crippen molar-refractivity contribution in [3.63, 3.8) is 0 Å². The van der Waals surface area contributed by atoms with Gasteiger partial charge in [0.2, 0.25) is 0 Å². The molecule has 0 spiro atoms. The van der Waals surface area contributed by atoms with Gasteiger partial charge in [0.25, 0.3) is 0 Å². The van der Waals surface area contributed by atoms with E-state index in [2.05, 4.69) is 42.0 Å². The van der Waals surface area contributed by atoms with E-state index in [0.717, 1.165) is 11.4 Å². The summed E-state index contributed by atoms with van der Waals surface area (Å²) in [6.45, 7) is 4.27. The van der Waals surface area contributed by atoms with E-state index >= 15 is 0 Å². The molecule has 62 valence electrons. The van der Waals surface area contributed by atoms with Gasteiger partial charge in [-0.15, -0.1) is 0 Å². The molecule has 0 saturated heterocycles. The number of hydrogen-bond acceptors (Lipinski definition) is 1. The zero-order valence-corrected chi connectivity index (χ0v) is 7.33. The van der Waals surface area contributed by atoms with E-state index in [1.54, 1.807) is 6.33 Å². The predicted octanol–water partition coefficient (Wildman–Crippen LogP) is 2.48. The van der Waals surface area contributed by atoms with E-state index in [9.17, 15) is 0 Å². The molecule has 1 aliphatic carbocycles. The van der Waals surface area contributed by atoms with Gasteiger partial charge in [-0.3, -0.25) is 0 Å². The Morgan fingerprint density at radius 2 is 2.33 bits per heavy atom. The highest BCUT2D eigenvalue weighted by Crippen LogP contribution is 2.22. The quantitative estimate of drug-likeness (QED) is 0.620. The van der Waals surface area contributed by atoms with Crippen LogP contribution in [0, 0.1) is 5.92 Å². The molecule has 1 aromatic rings. The molecule has 0 bridgehead atoms. The third-order valence-corrected chi connectivity index (χ3v) is 2.12. The van der Waals surface area contributed by atoms with E-state index in [0.29, 0.717) is 5.92 Å². The molecule has 0 fully saturated rings. The summed E-state index contributed by atoms with van der Waals surface area (Å²) in [7, 11) is 0. The molecule has 2 rings (SSSR count). The van der Waals surface area contributed by atoms with Gasteiger partial charge >= 0.3 is 0 Å². The maximum atomic E-state index is 4.26. The van der Waals surface area contributed by atoms with Gasteiger partial charge in [0.15, 0.2) is 0 Å². The first kappa shape index (κ1) is 7.35. The van der Waals surface area contributed by atoms with Crippen LogP contribution in [-0.2, 0) is 0 Å². The SMILES string of the molecule is CC1=CC(C)C=Cc2[nH]cnc21. The zero-order valence-electron chi connectivity index (χ0n) is 7.33. The number of nitrogens with one attached hydrogen (secondary N) is 1. The number of aromatic nitrogens is 2. The molecular formula is C10H12N2. The van der Waals surface area contributed by atoms with Crippen LogP contribution in [0.25, 0.3) is 11.6 Å². The van der Waals surface area contributed by atoms with E-state index in [4.69, 9.17) is 0 Å². The maximum Gasteiger partial charge on any atom is 0.0931 e. The third kappa shape index (κ3) is 1.09. The highest BCUT2D eigenvalue weighted by atomic mass is 14.9. The van der Waals surface area contributed by atoms with Gasteiger partial charge in [0.1, 0.15) is 0 Å². The fourth-order valence-electron chi connectivity index (χ4n) is 1.52. The molecule has 1 unspecified atom stereocenters. The number of allylic oxidation sites excluding steroid dienone is 3. The topological polar surface area (TPSA) is 28.7 Å². The van der Waals surface area contributed by atoms with Crippen LogP contribution in [0.15, 0.2) is 18.5 Å². The normalized spacial score (nSPS) is 21.5. The van der Waals surface area contributed by atoms with Crippen molar-refractivity contribution in [1.29, 1.82) is 0 Å². The molecule has 0 aromatic carbocycles. The van der Waals surface area contributed by atoms with Crippen molar-refractivity contribution in [2.75, 3.05) is 0 Å². The minimum atomic E-state index is 0.507. The summed E-state index contributed by atoms with van der Waals surface area (Å²) in [5.41, 5.74) is 3.45. The van der Waals surface area contributed by atoms with Crippen molar-refractivity contribution < 1.29 is 0 Å². The fourth-order valence-corrected chi connectivity index (χ4v) is 1.52. The molecule has 2 nitrogen and oxygen atoms in total. The summed E-state index contributed by atoms with van der Waals surface area (Å²) in [5, 5.41) is 0. The minimum Gasteiger partial charge on any atom is -0.345 e. The molecule has 2 heteroatoms. The van der Waals surface area contributed by atoms with Crippen molar-refractivity contribution >= 4 is 11.6 Å². The second kappa shape index (κ2) is 2.63. The third-order valence-electron chi connectivity index (χ3n) is 2.12. The number of nitrogens with zero attached hydrogens (tertiary/aromatic N) is 1. The van der Waals surface area contributed by atoms with Crippen LogP contribution in [0.5, 0.6) is 0 Å². The molecule has 1 N–H and O–H groups in total. The number of H-pyrrole nitrogens is 1. The summed E-state index contributed by atoms with van der Waals surface area (Å²) < 4.78 is 0. The molecule has 1 aromatic heterocycles. The number of hydrogen-bond donors (Lipinski definition) is 1. The monoisotopic (exact) mass is 160 g/mol. The van der Waals surface area contributed by atoms with Crippen molar-refractivity contribution in [1.82, 2.24) is 9.97 Å². The first-order chi connectivity index (χ1) is 5.77. The Morgan fingerprint density at radius 1 is 1.50 bits per heavy atom. The Hall–Kier alpha value is -1.31.